The summed E-state index contributed by atoms with van der Waals surface area (Å²) in [5.41, 5.74) is 0.759. The first kappa shape index (κ1) is 12.2. The number of rotatable bonds is 1. The summed E-state index contributed by atoms with van der Waals surface area (Å²) in [5, 5.41) is 10.4. The summed E-state index contributed by atoms with van der Waals surface area (Å²) < 4.78 is 7.32. The Morgan fingerprint density at radius 3 is 3.00 bits per heavy atom. The van der Waals surface area contributed by atoms with Crippen LogP contribution in [-0.2, 0) is 0 Å². The molecule has 1 N–H and O–H groups in total. The van der Waals surface area contributed by atoms with Crippen LogP contribution >= 0.6 is 15.9 Å². The normalized spacial score (nSPS) is 34.3. The molecule has 0 radical (unpaired) electrons. The van der Waals surface area contributed by atoms with Crippen LogP contribution in [0.5, 0.6) is 5.75 Å². The van der Waals surface area contributed by atoms with E-state index in [-0.39, 0.29) is 5.60 Å². The van der Waals surface area contributed by atoms with E-state index in [2.05, 4.69) is 20.8 Å². The maximum Gasteiger partial charge on any atom is 0.127 e. The molecular formula is C15H18BrNO2. The zero-order valence-corrected chi connectivity index (χ0v) is 12.4. The Balaban J connectivity index is 1.63. The number of likely N-dealkylation sites (tertiary alicyclic amines) is 1. The molecule has 2 fully saturated rings. The molecule has 1 spiro atoms. The Labute approximate surface area is 121 Å². The molecule has 0 aromatic heterocycles. The molecule has 0 bridgehead atoms. The first-order valence-corrected chi connectivity index (χ1v) is 7.85. The van der Waals surface area contributed by atoms with Gasteiger partial charge in [-0.3, -0.25) is 4.90 Å². The number of nitrogens with zero attached hydrogens (tertiary/aromatic N) is 1. The molecule has 1 aromatic carbocycles. The van der Waals surface area contributed by atoms with Crippen molar-refractivity contribution in [1.29, 1.82) is 0 Å². The third-order valence-electron chi connectivity index (χ3n) is 4.64. The maximum atomic E-state index is 10.4. The second-order valence-electron chi connectivity index (χ2n) is 6.14. The molecule has 4 heteroatoms. The molecule has 1 saturated carbocycles. The summed E-state index contributed by atoms with van der Waals surface area (Å²) in [6, 6.07) is 6.70. The zero-order chi connectivity index (χ0) is 13.0. The molecule has 2 unspecified atom stereocenters. The molecular weight excluding hydrogens is 306 g/mol. The van der Waals surface area contributed by atoms with Gasteiger partial charge < -0.3 is 9.84 Å². The third kappa shape index (κ3) is 2.10. The van der Waals surface area contributed by atoms with Gasteiger partial charge in [-0.1, -0.05) is 22.0 Å². The molecule has 2 aliphatic heterocycles. The molecule has 4 rings (SSSR count). The first-order chi connectivity index (χ1) is 9.15. The average Bonchev–Trinajstić information content (AvgIpc) is 3.13. The van der Waals surface area contributed by atoms with E-state index in [1.54, 1.807) is 0 Å². The highest BCUT2D eigenvalue weighted by Gasteiger charge is 2.48. The summed E-state index contributed by atoms with van der Waals surface area (Å²) in [6.07, 6.45) is 4.04. The summed E-state index contributed by atoms with van der Waals surface area (Å²) in [7, 11) is 0. The van der Waals surface area contributed by atoms with E-state index in [4.69, 9.17) is 4.74 Å². The average molecular weight is 324 g/mol. The van der Waals surface area contributed by atoms with E-state index in [9.17, 15) is 5.11 Å². The second-order valence-corrected chi connectivity index (χ2v) is 7.05. The Hall–Kier alpha value is -0.580. The SMILES string of the molecule is OC1CC2(CCN(C3CC3)C2)Oc2cc(Br)ccc21. The van der Waals surface area contributed by atoms with E-state index in [0.29, 0.717) is 0 Å². The van der Waals surface area contributed by atoms with E-state index >= 15 is 0 Å². The number of hydrogen-bond acceptors (Lipinski definition) is 3. The lowest BCUT2D eigenvalue weighted by Gasteiger charge is -2.38. The van der Waals surface area contributed by atoms with Gasteiger partial charge in [-0.25, -0.2) is 0 Å². The highest BCUT2D eigenvalue weighted by atomic mass is 79.9. The lowest BCUT2D eigenvalue weighted by Crippen LogP contribution is -2.44. The number of aliphatic hydroxyl groups excluding tert-OH is 1. The summed E-state index contributed by atoms with van der Waals surface area (Å²) in [6.45, 7) is 2.08. The van der Waals surface area contributed by atoms with Gasteiger partial charge in [-0.2, -0.15) is 0 Å². The largest absolute Gasteiger partial charge is 0.485 e. The molecule has 1 aliphatic carbocycles. The van der Waals surface area contributed by atoms with Gasteiger partial charge in [0.2, 0.25) is 0 Å². The van der Waals surface area contributed by atoms with E-state index < -0.39 is 6.10 Å². The lowest BCUT2D eigenvalue weighted by molar-refractivity contribution is -0.00767. The highest BCUT2D eigenvalue weighted by Crippen LogP contribution is 2.46. The monoisotopic (exact) mass is 323 g/mol. The van der Waals surface area contributed by atoms with Gasteiger partial charge >= 0.3 is 0 Å². The van der Waals surface area contributed by atoms with Gasteiger partial charge in [0, 0.05) is 42.0 Å². The number of aliphatic hydroxyl groups is 1. The van der Waals surface area contributed by atoms with Crippen LogP contribution in [0, 0.1) is 0 Å². The third-order valence-corrected chi connectivity index (χ3v) is 5.13. The van der Waals surface area contributed by atoms with Gasteiger partial charge in [0.05, 0.1) is 6.10 Å². The summed E-state index contributed by atoms with van der Waals surface area (Å²) in [5.74, 6) is 0.853. The van der Waals surface area contributed by atoms with Crippen LogP contribution in [0.3, 0.4) is 0 Å². The summed E-state index contributed by atoms with van der Waals surface area (Å²) >= 11 is 3.48. The fourth-order valence-electron chi connectivity index (χ4n) is 3.49. The van der Waals surface area contributed by atoms with Crippen LogP contribution in [0.1, 0.15) is 37.4 Å². The number of hydrogen-bond donors (Lipinski definition) is 1. The van der Waals surface area contributed by atoms with E-state index in [1.807, 2.05) is 18.2 Å². The molecule has 2 atom stereocenters. The first-order valence-electron chi connectivity index (χ1n) is 7.06. The van der Waals surface area contributed by atoms with Crippen LogP contribution in [0.25, 0.3) is 0 Å². The fraction of sp³-hybridized carbons (Fsp3) is 0.600. The number of halogens is 1. The number of benzene rings is 1. The van der Waals surface area contributed by atoms with Crippen LogP contribution in [0.2, 0.25) is 0 Å². The van der Waals surface area contributed by atoms with Crippen molar-refractivity contribution >= 4 is 15.9 Å². The maximum absolute atomic E-state index is 10.4. The number of ether oxygens (including phenoxy) is 1. The van der Waals surface area contributed by atoms with Crippen molar-refractivity contribution in [1.82, 2.24) is 4.90 Å². The van der Waals surface area contributed by atoms with E-state index in [1.165, 1.54) is 12.8 Å². The molecule has 3 aliphatic rings. The molecule has 2 heterocycles. The van der Waals surface area contributed by atoms with Crippen molar-refractivity contribution in [3.63, 3.8) is 0 Å². The molecule has 1 saturated heterocycles. The second kappa shape index (κ2) is 4.21. The Kier molecular flexibility index (Phi) is 2.70. The smallest absolute Gasteiger partial charge is 0.127 e. The molecule has 3 nitrogen and oxygen atoms in total. The van der Waals surface area contributed by atoms with Crippen LogP contribution in [0.4, 0.5) is 0 Å². The minimum Gasteiger partial charge on any atom is -0.485 e. The molecule has 0 amide bonds. The summed E-state index contributed by atoms with van der Waals surface area (Å²) in [4.78, 5) is 2.54. The van der Waals surface area contributed by atoms with Crippen molar-refractivity contribution in [3.05, 3.63) is 28.2 Å². The van der Waals surface area contributed by atoms with Crippen molar-refractivity contribution in [3.8, 4) is 5.75 Å². The predicted octanol–water partition coefficient (Wildman–Crippen LogP) is 2.87. The van der Waals surface area contributed by atoms with Gasteiger partial charge in [-0.15, -0.1) is 0 Å². The predicted molar refractivity (Wildman–Crippen MR) is 76.3 cm³/mol. The Bertz CT molecular complexity index is 517. The highest BCUT2D eigenvalue weighted by molar-refractivity contribution is 9.10. The van der Waals surface area contributed by atoms with Crippen molar-refractivity contribution in [2.24, 2.45) is 0 Å². The molecule has 19 heavy (non-hydrogen) atoms. The fourth-order valence-corrected chi connectivity index (χ4v) is 3.83. The van der Waals surface area contributed by atoms with Gasteiger partial charge in [0.25, 0.3) is 0 Å². The van der Waals surface area contributed by atoms with Crippen molar-refractivity contribution in [2.45, 2.75) is 43.4 Å². The minimum atomic E-state index is -0.393. The molecule has 102 valence electrons. The standard InChI is InChI=1S/C15H18BrNO2/c16-10-1-4-12-13(18)8-15(19-14(12)7-10)5-6-17(9-15)11-2-3-11/h1,4,7,11,13,18H,2-3,5-6,8-9H2. The van der Waals surface area contributed by atoms with Crippen molar-refractivity contribution < 1.29 is 9.84 Å². The van der Waals surface area contributed by atoms with Gasteiger partial charge in [0.15, 0.2) is 0 Å². The molecule has 1 aromatic rings. The van der Waals surface area contributed by atoms with Crippen LogP contribution in [-0.4, -0.2) is 34.7 Å². The quantitative estimate of drug-likeness (QED) is 0.862. The van der Waals surface area contributed by atoms with Crippen LogP contribution < -0.4 is 4.74 Å². The van der Waals surface area contributed by atoms with Gasteiger partial charge in [0.1, 0.15) is 11.4 Å². The zero-order valence-electron chi connectivity index (χ0n) is 10.8. The number of fused-ring (bicyclic) bond motifs is 1. The van der Waals surface area contributed by atoms with Gasteiger partial charge in [-0.05, 0) is 25.0 Å². The minimum absolute atomic E-state index is 0.171. The Morgan fingerprint density at radius 2 is 2.21 bits per heavy atom. The lowest BCUT2D eigenvalue weighted by atomic mass is 9.88. The topological polar surface area (TPSA) is 32.7 Å². The van der Waals surface area contributed by atoms with Crippen LogP contribution in [0.15, 0.2) is 22.7 Å². The van der Waals surface area contributed by atoms with Crippen molar-refractivity contribution in [2.75, 3.05) is 13.1 Å². The Morgan fingerprint density at radius 1 is 1.37 bits per heavy atom. The van der Waals surface area contributed by atoms with E-state index in [0.717, 1.165) is 47.8 Å².